The Balaban J connectivity index is 1.62. The first-order valence-electron chi connectivity index (χ1n) is 12.9. The normalized spacial score (nSPS) is 12.2. The van der Waals surface area contributed by atoms with Gasteiger partial charge in [0.25, 0.3) is 0 Å². The number of sulfone groups is 1. The summed E-state index contributed by atoms with van der Waals surface area (Å²) in [7, 11) is -4.24. The van der Waals surface area contributed by atoms with E-state index in [-0.39, 0.29) is 17.9 Å². The molecular weight excluding hydrogens is 574 g/mol. The summed E-state index contributed by atoms with van der Waals surface area (Å²) in [4.78, 5) is 12.5. The van der Waals surface area contributed by atoms with Crippen molar-refractivity contribution in [2.45, 2.75) is 51.5 Å². The number of alkyl halides is 3. The zero-order valence-electron chi connectivity index (χ0n) is 23.1. The van der Waals surface area contributed by atoms with Crippen LogP contribution < -0.4 is 0 Å². The second-order valence-electron chi connectivity index (χ2n) is 10.3. The molecule has 0 saturated carbocycles. The maximum absolute atomic E-state index is 14.3. The number of aryl methyl sites for hydroxylation is 3. The molecule has 1 N–H and O–H groups in total. The topological polar surface area (TPSA) is 87.8 Å². The van der Waals surface area contributed by atoms with Crippen LogP contribution in [-0.4, -0.2) is 30.1 Å². The minimum atomic E-state index is -4.59. The van der Waals surface area contributed by atoms with E-state index >= 15 is 0 Å². The number of rotatable bonds is 10. The van der Waals surface area contributed by atoms with E-state index in [4.69, 9.17) is 9.52 Å². The molecule has 1 heterocycles. The summed E-state index contributed by atoms with van der Waals surface area (Å²) in [6.45, 7) is 6.86. The quantitative estimate of drug-likeness (QED) is 0.195. The third-order valence-electron chi connectivity index (χ3n) is 6.78. The van der Waals surface area contributed by atoms with E-state index in [1.165, 1.54) is 12.1 Å². The predicted molar refractivity (Wildman–Crippen MR) is 149 cm³/mol. The molecule has 4 aromatic rings. The second kappa shape index (κ2) is 12.1. The van der Waals surface area contributed by atoms with Gasteiger partial charge in [-0.15, -0.1) is 0 Å². The molecule has 0 amide bonds. The van der Waals surface area contributed by atoms with Crippen molar-refractivity contribution in [1.29, 1.82) is 0 Å². The lowest BCUT2D eigenvalue weighted by atomic mass is 9.99. The standard InChI is InChI=1S/C31H29F4NO5S/c1-19-10-20(2)28(21(3)11-19)17-36(16-26-8-9-29(41-26)31(33,34)35)15-22-4-6-23(7-5-22)24-12-25(32)14-27(13-24)42(39,40)18-30(37)38/h4-14H,15-18H2,1-3H3,(H,37,38). The van der Waals surface area contributed by atoms with Crippen LogP contribution in [0.25, 0.3) is 11.1 Å². The Morgan fingerprint density at radius 1 is 0.857 bits per heavy atom. The van der Waals surface area contributed by atoms with Gasteiger partial charge < -0.3 is 9.52 Å². The fourth-order valence-electron chi connectivity index (χ4n) is 4.90. The molecule has 0 aliphatic carbocycles. The maximum Gasteiger partial charge on any atom is 0.449 e. The van der Waals surface area contributed by atoms with E-state index in [1.807, 2.05) is 37.8 Å². The third kappa shape index (κ3) is 7.65. The Hall–Kier alpha value is -3.96. The summed E-state index contributed by atoms with van der Waals surface area (Å²) in [5.74, 6) is -4.44. The average Bonchev–Trinajstić information content (AvgIpc) is 3.35. The van der Waals surface area contributed by atoms with E-state index < -0.39 is 44.2 Å². The lowest BCUT2D eigenvalue weighted by Crippen LogP contribution is -2.23. The molecule has 0 spiro atoms. The summed E-state index contributed by atoms with van der Waals surface area (Å²) in [6, 6.07) is 16.3. The highest BCUT2D eigenvalue weighted by Gasteiger charge is 2.35. The maximum atomic E-state index is 14.3. The zero-order valence-corrected chi connectivity index (χ0v) is 23.9. The SMILES string of the molecule is Cc1cc(C)c(CN(Cc2ccc(-c3cc(F)cc(S(=O)(=O)CC(=O)O)c3)cc2)Cc2ccc(C(F)(F)F)o2)c(C)c1. The molecule has 42 heavy (non-hydrogen) atoms. The number of nitrogens with zero attached hydrogens (tertiary/aromatic N) is 1. The van der Waals surface area contributed by atoms with Gasteiger partial charge in [0.1, 0.15) is 11.6 Å². The van der Waals surface area contributed by atoms with Gasteiger partial charge in [0.2, 0.25) is 5.76 Å². The molecule has 0 radical (unpaired) electrons. The number of carbonyl (C=O) groups is 1. The molecule has 11 heteroatoms. The largest absolute Gasteiger partial charge is 0.480 e. The number of carboxylic acids is 1. The van der Waals surface area contributed by atoms with Crippen molar-refractivity contribution < 1.29 is 40.3 Å². The van der Waals surface area contributed by atoms with Crippen molar-refractivity contribution in [3.05, 3.63) is 112 Å². The molecule has 0 atom stereocenters. The Morgan fingerprint density at radius 2 is 1.50 bits per heavy atom. The van der Waals surface area contributed by atoms with Gasteiger partial charge in [-0.2, -0.15) is 13.2 Å². The Bertz CT molecular complexity index is 1690. The summed E-state index contributed by atoms with van der Waals surface area (Å²) < 4.78 is 83.5. The number of carboxylic acid groups (broad SMARTS) is 1. The van der Waals surface area contributed by atoms with Gasteiger partial charge in [-0.1, -0.05) is 42.0 Å². The Kier molecular flexibility index (Phi) is 8.93. The van der Waals surface area contributed by atoms with Crippen LogP contribution in [0.2, 0.25) is 0 Å². The smallest absolute Gasteiger partial charge is 0.449 e. The Morgan fingerprint density at radius 3 is 2.07 bits per heavy atom. The lowest BCUT2D eigenvalue weighted by molar-refractivity contribution is -0.153. The average molecular weight is 604 g/mol. The summed E-state index contributed by atoms with van der Waals surface area (Å²) in [6.07, 6.45) is -4.59. The van der Waals surface area contributed by atoms with Crippen molar-refractivity contribution in [2.24, 2.45) is 0 Å². The molecule has 0 unspecified atom stereocenters. The van der Waals surface area contributed by atoms with Gasteiger partial charge in [-0.05, 0) is 84.5 Å². The molecule has 222 valence electrons. The number of benzene rings is 3. The minimum absolute atomic E-state index is 0.110. The predicted octanol–water partition coefficient (Wildman–Crippen LogP) is 7.09. The number of aliphatic carboxylic acids is 1. The number of hydrogen-bond donors (Lipinski definition) is 1. The number of furan rings is 1. The fourth-order valence-corrected chi connectivity index (χ4v) is 5.99. The molecule has 6 nitrogen and oxygen atoms in total. The van der Waals surface area contributed by atoms with Gasteiger partial charge >= 0.3 is 12.1 Å². The monoisotopic (exact) mass is 603 g/mol. The first-order chi connectivity index (χ1) is 19.6. The van der Waals surface area contributed by atoms with Crippen LogP contribution in [0, 0.1) is 26.6 Å². The van der Waals surface area contributed by atoms with Gasteiger partial charge in [0.05, 0.1) is 11.4 Å². The van der Waals surface area contributed by atoms with E-state index in [1.54, 1.807) is 24.3 Å². The minimum Gasteiger partial charge on any atom is -0.480 e. The molecule has 0 fully saturated rings. The van der Waals surface area contributed by atoms with Crippen LogP contribution >= 0.6 is 0 Å². The second-order valence-corrected chi connectivity index (χ2v) is 12.3. The van der Waals surface area contributed by atoms with E-state index in [2.05, 4.69) is 0 Å². The summed E-state index contributed by atoms with van der Waals surface area (Å²) in [5.41, 5.74) is 5.83. The van der Waals surface area contributed by atoms with Gasteiger partial charge in [-0.3, -0.25) is 9.69 Å². The molecule has 0 saturated heterocycles. The molecule has 4 rings (SSSR count). The summed E-state index contributed by atoms with van der Waals surface area (Å²) >= 11 is 0. The van der Waals surface area contributed by atoms with Crippen LogP contribution in [0.15, 0.2) is 76.0 Å². The van der Waals surface area contributed by atoms with Gasteiger partial charge in [-0.25, -0.2) is 12.8 Å². The van der Waals surface area contributed by atoms with E-state index in [0.717, 1.165) is 46.0 Å². The van der Waals surface area contributed by atoms with Crippen LogP contribution in [0.1, 0.15) is 39.3 Å². The zero-order chi connectivity index (χ0) is 30.8. The molecule has 0 aliphatic rings. The molecule has 0 aliphatic heterocycles. The summed E-state index contributed by atoms with van der Waals surface area (Å²) in [5, 5.41) is 8.90. The van der Waals surface area contributed by atoms with Crippen LogP contribution in [0.5, 0.6) is 0 Å². The van der Waals surface area contributed by atoms with Crippen LogP contribution in [-0.2, 0) is 40.4 Å². The van der Waals surface area contributed by atoms with Crippen molar-refractivity contribution in [3.8, 4) is 11.1 Å². The van der Waals surface area contributed by atoms with E-state index in [9.17, 15) is 30.8 Å². The fraction of sp³-hybridized carbons (Fsp3) is 0.258. The molecule has 1 aromatic heterocycles. The third-order valence-corrected chi connectivity index (χ3v) is 8.36. The highest BCUT2D eigenvalue weighted by molar-refractivity contribution is 7.92. The van der Waals surface area contributed by atoms with E-state index in [0.29, 0.717) is 18.7 Å². The molecule has 0 bridgehead atoms. The van der Waals surface area contributed by atoms with Gasteiger partial charge in [0.15, 0.2) is 15.6 Å². The van der Waals surface area contributed by atoms with Crippen LogP contribution in [0.3, 0.4) is 0 Å². The highest BCUT2D eigenvalue weighted by atomic mass is 32.2. The lowest BCUT2D eigenvalue weighted by Gasteiger charge is -2.24. The van der Waals surface area contributed by atoms with Crippen molar-refractivity contribution in [3.63, 3.8) is 0 Å². The van der Waals surface area contributed by atoms with Crippen molar-refractivity contribution in [1.82, 2.24) is 4.90 Å². The number of halogens is 4. The first kappa shape index (κ1) is 31.0. The van der Waals surface area contributed by atoms with Gasteiger partial charge in [0, 0.05) is 13.1 Å². The van der Waals surface area contributed by atoms with Crippen molar-refractivity contribution in [2.75, 3.05) is 5.75 Å². The van der Waals surface area contributed by atoms with Crippen molar-refractivity contribution >= 4 is 15.8 Å². The molecule has 3 aromatic carbocycles. The molecular formula is C31H29F4NO5S. The highest BCUT2D eigenvalue weighted by Crippen LogP contribution is 2.32. The van der Waals surface area contributed by atoms with Crippen LogP contribution in [0.4, 0.5) is 17.6 Å². The Labute approximate surface area is 241 Å². The number of hydrogen-bond acceptors (Lipinski definition) is 5. The first-order valence-corrected chi connectivity index (χ1v) is 14.6.